The van der Waals surface area contributed by atoms with Crippen molar-refractivity contribution in [1.29, 1.82) is 0 Å². The fourth-order valence-electron chi connectivity index (χ4n) is 3.17. The molecule has 1 N–H and O–H groups in total. The molecule has 2 aromatic carbocycles. The first-order valence-electron chi connectivity index (χ1n) is 8.57. The van der Waals surface area contributed by atoms with Crippen molar-refractivity contribution in [1.82, 2.24) is 15.1 Å². The van der Waals surface area contributed by atoms with Gasteiger partial charge >= 0.3 is 0 Å². The lowest BCUT2D eigenvalue weighted by Crippen LogP contribution is -2.42. The van der Waals surface area contributed by atoms with Crippen LogP contribution in [0.3, 0.4) is 0 Å². The summed E-state index contributed by atoms with van der Waals surface area (Å²) in [5.41, 5.74) is 3.18. The van der Waals surface area contributed by atoms with E-state index in [0.29, 0.717) is 36.0 Å². The first-order valence-corrected chi connectivity index (χ1v) is 9.74. The molecular formula is C20H17BrClN3O2. The van der Waals surface area contributed by atoms with Crippen molar-refractivity contribution in [2.24, 2.45) is 0 Å². The summed E-state index contributed by atoms with van der Waals surface area (Å²) in [4.78, 5) is 14.9. The van der Waals surface area contributed by atoms with E-state index in [0.717, 1.165) is 15.6 Å². The highest BCUT2D eigenvalue weighted by molar-refractivity contribution is 9.10. The summed E-state index contributed by atoms with van der Waals surface area (Å²) < 4.78 is 6.90. The number of halogens is 2. The molecule has 1 amide bonds. The van der Waals surface area contributed by atoms with E-state index in [1.165, 1.54) is 0 Å². The number of aromatic amines is 1. The number of amides is 1. The molecule has 1 aliphatic rings. The van der Waals surface area contributed by atoms with Crippen molar-refractivity contribution in [3.63, 3.8) is 0 Å². The lowest BCUT2D eigenvalue weighted by molar-refractivity contribution is -0.0228. The van der Waals surface area contributed by atoms with Gasteiger partial charge in [0.1, 0.15) is 6.10 Å². The Bertz CT molecular complexity index is 941. The standard InChI is InChI=1S/C20H17BrClN3O2/c21-15-5-1-13(2-6-15)18-12-25(9-10-27-18)20(26)17-11-23-24-19(17)14-3-7-16(22)8-4-14/h1-8,11,18H,9-10,12H2,(H,23,24). The summed E-state index contributed by atoms with van der Waals surface area (Å²) >= 11 is 9.40. The van der Waals surface area contributed by atoms with E-state index in [4.69, 9.17) is 16.3 Å². The molecule has 1 saturated heterocycles. The number of nitrogens with one attached hydrogen (secondary N) is 1. The van der Waals surface area contributed by atoms with Crippen LogP contribution < -0.4 is 0 Å². The van der Waals surface area contributed by atoms with Crippen LogP contribution in [0.5, 0.6) is 0 Å². The van der Waals surface area contributed by atoms with Gasteiger partial charge in [0.05, 0.1) is 30.6 Å². The zero-order valence-corrected chi connectivity index (χ0v) is 16.7. The largest absolute Gasteiger partial charge is 0.370 e. The minimum absolute atomic E-state index is 0.0564. The first kappa shape index (κ1) is 18.2. The van der Waals surface area contributed by atoms with Crippen LogP contribution >= 0.6 is 27.5 Å². The first-order chi connectivity index (χ1) is 13.1. The van der Waals surface area contributed by atoms with Gasteiger partial charge in [0.15, 0.2) is 0 Å². The molecule has 27 heavy (non-hydrogen) atoms. The van der Waals surface area contributed by atoms with Gasteiger partial charge in [-0.25, -0.2) is 0 Å². The Balaban J connectivity index is 1.55. The quantitative estimate of drug-likeness (QED) is 0.634. The van der Waals surface area contributed by atoms with Gasteiger partial charge in [-0.1, -0.05) is 51.8 Å². The third kappa shape index (κ3) is 3.93. The second-order valence-corrected chi connectivity index (χ2v) is 7.68. The molecule has 0 bridgehead atoms. The fourth-order valence-corrected chi connectivity index (χ4v) is 3.56. The topological polar surface area (TPSA) is 58.2 Å². The molecule has 3 aromatic rings. The average Bonchev–Trinajstić information content (AvgIpc) is 3.18. The molecule has 138 valence electrons. The zero-order chi connectivity index (χ0) is 18.8. The predicted molar refractivity (Wildman–Crippen MR) is 108 cm³/mol. The smallest absolute Gasteiger partial charge is 0.257 e. The second-order valence-electron chi connectivity index (χ2n) is 6.33. The number of H-pyrrole nitrogens is 1. The van der Waals surface area contributed by atoms with E-state index in [9.17, 15) is 4.79 Å². The normalized spacial score (nSPS) is 17.1. The highest BCUT2D eigenvalue weighted by Gasteiger charge is 2.28. The monoisotopic (exact) mass is 445 g/mol. The van der Waals surface area contributed by atoms with Crippen LogP contribution in [0.1, 0.15) is 22.0 Å². The molecule has 2 heterocycles. The Morgan fingerprint density at radius 2 is 1.93 bits per heavy atom. The average molecular weight is 447 g/mol. The number of morpholine rings is 1. The number of rotatable bonds is 3. The lowest BCUT2D eigenvalue weighted by atomic mass is 10.1. The molecule has 4 rings (SSSR count). The summed E-state index contributed by atoms with van der Waals surface area (Å²) in [5.74, 6) is -0.0564. The van der Waals surface area contributed by atoms with E-state index in [-0.39, 0.29) is 12.0 Å². The molecular weight excluding hydrogens is 430 g/mol. The van der Waals surface area contributed by atoms with Crippen molar-refractivity contribution in [3.05, 3.63) is 75.4 Å². The minimum atomic E-state index is -0.137. The van der Waals surface area contributed by atoms with Crippen molar-refractivity contribution in [3.8, 4) is 11.3 Å². The maximum absolute atomic E-state index is 13.1. The van der Waals surface area contributed by atoms with E-state index < -0.39 is 0 Å². The molecule has 1 fully saturated rings. The highest BCUT2D eigenvalue weighted by atomic mass is 79.9. The van der Waals surface area contributed by atoms with E-state index >= 15 is 0 Å². The predicted octanol–water partition coefficient (Wildman–Crippen LogP) is 4.71. The molecule has 1 unspecified atom stereocenters. The van der Waals surface area contributed by atoms with Crippen LogP contribution in [0.15, 0.2) is 59.2 Å². The molecule has 0 radical (unpaired) electrons. The van der Waals surface area contributed by atoms with Crippen LogP contribution in [0.4, 0.5) is 0 Å². The van der Waals surface area contributed by atoms with Crippen molar-refractivity contribution >= 4 is 33.4 Å². The summed E-state index contributed by atoms with van der Waals surface area (Å²) in [6.07, 6.45) is 1.44. The van der Waals surface area contributed by atoms with E-state index in [1.807, 2.05) is 41.3 Å². The molecule has 1 aromatic heterocycles. The van der Waals surface area contributed by atoms with E-state index in [2.05, 4.69) is 26.1 Å². The fraction of sp³-hybridized carbons (Fsp3) is 0.200. The number of nitrogens with zero attached hydrogens (tertiary/aromatic N) is 2. The van der Waals surface area contributed by atoms with Crippen molar-refractivity contribution in [2.45, 2.75) is 6.10 Å². The van der Waals surface area contributed by atoms with Gasteiger partial charge < -0.3 is 9.64 Å². The molecule has 0 spiro atoms. The van der Waals surface area contributed by atoms with Crippen LogP contribution in [-0.4, -0.2) is 40.7 Å². The molecule has 7 heteroatoms. The SMILES string of the molecule is O=C(c1cn[nH]c1-c1ccc(Cl)cc1)N1CCOC(c2ccc(Br)cc2)C1. The second kappa shape index (κ2) is 7.84. The summed E-state index contributed by atoms with van der Waals surface area (Å²) in [7, 11) is 0. The number of hydrogen-bond donors (Lipinski definition) is 1. The number of carbonyl (C=O) groups excluding carboxylic acids is 1. The van der Waals surface area contributed by atoms with Gasteiger partial charge in [0.25, 0.3) is 5.91 Å². The van der Waals surface area contributed by atoms with Gasteiger partial charge in [-0.05, 0) is 29.8 Å². The summed E-state index contributed by atoms with van der Waals surface area (Å²) in [6, 6.07) is 15.3. The van der Waals surface area contributed by atoms with E-state index in [1.54, 1.807) is 18.3 Å². The highest BCUT2D eigenvalue weighted by Crippen LogP contribution is 2.27. The number of aromatic nitrogens is 2. The molecule has 1 aliphatic heterocycles. The van der Waals surface area contributed by atoms with Crippen LogP contribution in [0.2, 0.25) is 5.02 Å². The van der Waals surface area contributed by atoms with Gasteiger partial charge in [0, 0.05) is 21.6 Å². The number of ether oxygens (including phenoxy) is 1. The zero-order valence-electron chi connectivity index (χ0n) is 14.4. The maximum atomic E-state index is 13.1. The number of hydrogen-bond acceptors (Lipinski definition) is 3. The van der Waals surface area contributed by atoms with Crippen LogP contribution in [-0.2, 0) is 4.74 Å². The Labute approximate surface area is 170 Å². The Morgan fingerprint density at radius 3 is 2.67 bits per heavy atom. The summed E-state index contributed by atoms with van der Waals surface area (Å²) in [5, 5.41) is 7.67. The van der Waals surface area contributed by atoms with Crippen molar-refractivity contribution in [2.75, 3.05) is 19.7 Å². The van der Waals surface area contributed by atoms with Gasteiger partial charge in [-0.15, -0.1) is 0 Å². The Kier molecular flexibility index (Phi) is 5.29. The van der Waals surface area contributed by atoms with Gasteiger partial charge in [0.2, 0.25) is 0 Å². The Hall–Kier alpha value is -2.15. The van der Waals surface area contributed by atoms with Gasteiger partial charge in [-0.2, -0.15) is 5.10 Å². The van der Waals surface area contributed by atoms with Crippen LogP contribution in [0.25, 0.3) is 11.3 Å². The number of carbonyl (C=O) groups is 1. The Morgan fingerprint density at radius 1 is 1.19 bits per heavy atom. The number of benzene rings is 2. The molecule has 0 saturated carbocycles. The molecule has 1 atom stereocenters. The maximum Gasteiger partial charge on any atom is 0.257 e. The third-order valence-corrected chi connectivity index (χ3v) is 5.38. The van der Waals surface area contributed by atoms with Gasteiger partial charge in [-0.3, -0.25) is 9.89 Å². The minimum Gasteiger partial charge on any atom is -0.370 e. The molecule has 5 nitrogen and oxygen atoms in total. The molecule has 0 aliphatic carbocycles. The van der Waals surface area contributed by atoms with Crippen LogP contribution in [0, 0.1) is 0 Å². The third-order valence-electron chi connectivity index (χ3n) is 4.60. The van der Waals surface area contributed by atoms with Crippen molar-refractivity contribution < 1.29 is 9.53 Å². The summed E-state index contributed by atoms with van der Waals surface area (Å²) in [6.45, 7) is 1.56. The lowest BCUT2D eigenvalue weighted by Gasteiger charge is -2.33.